The number of nitrogens with one attached hydrogen (secondary N) is 1. The molecular formula is C14H23F6N. The molecule has 1 rings (SSSR count). The van der Waals surface area contributed by atoms with Crippen LogP contribution in [-0.4, -0.2) is 24.9 Å². The second-order valence-corrected chi connectivity index (χ2v) is 6.17. The average Bonchev–Trinajstić information content (AvgIpc) is 2.28. The second-order valence-electron chi connectivity index (χ2n) is 6.17. The number of halogens is 6. The summed E-state index contributed by atoms with van der Waals surface area (Å²) in [6.45, 7) is 5.52. The molecule has 0 aliphatic heterocycles. The Labute approximate surface area is 121 Å². The Morgan fingerprint density at radius 3 is 1.86 bits per heavy atom. The molecule has 0 amide bonds. The van der Waals surface area contributed by atoms with Crippen molar-refractivity contribution in [3.63, 3.8) is 0 Å². The SMILES string of the molecule is CCNC(C1CCC(C)C(C)C1)C(C(F)(F)F)C(F)(F)F. The molecule has 0 spiro atoms. The summed E-state index contributed by atoms with van der Waals surface area (Å²) in [5.74, 6) is -3.40. The van der Waals surface area contributed by atoms with Crippen molar-refractivity contribution in [2.24, 2.45) is 23.7 Å². The predicted octanol–water partition coefficient (Wildman–Crippen LogP) is 4.78. The summed E-state index contributed by atoms with van der Waals surface area (Å²) in [7, 11) is 0. The maximum Gasteiger partial charge on any atom is 0.402 e. The Bertz CT molecular complexity index is 310. The Morgan fingerprint density at radius 1 is 0.952 bits per heavy atom. The molecule has 0 aromatic heterocycles. The van der Waals surface area contributed by atoms with Gasteiger partial charge < -0.3 is 5.32 Å². The highest BCUT2D eigenvalue weighted by molar-refractivity contribution is 4.93. The molecule has 0 radical (unpaired) electrons. The Hall–Kier alpha value is -0.460. The predicted molar refractivity (Wildman–Crippen MR) is 68.7 cm³/mol. The lowest BCUT2D eigenvalue weighted by Gasteiger charge is -2.41. The molecule has 126 valence electrons. The van der Waals surface area contributed by atoms with Crippen LogP contribution in [0.15, 0.2) is 0 Å². The topological polar surface area (TPSA) is 12.0 Å². The largest absolute Gasteiger partial charge is 0.402 e. The molecule has 0 saturated heterocycles. The minimum Gasteiger partial charge on any atom is -0.313 e. The quantitative estimate of drug-likeness (QED) is 0.736. The lowest BCUT2D eigenvalue weighted by Crippen LogP contribution is -2.55. The first-order valence-electron chi connectivity index (χ1n) is 7.35. The van der Waals surface area contributed by atoms with Crippen molar-refractivity contribution in [1.29, 1.82) is 0 Å². The first-order chi connectivity index (χ1) is 9.48. The minimum atomic E-state index is -5.28. The fourth-order valence-electron chi connectivity index (χ4n) is 3.30. The maximum absolute atomic E-state index is 13.0. The van der Waals surface area contributed by atoms with Crippen molar-refractivity contribution < 1.29 is 26.3 Å². The second kappa shape index (κ2) is 6.75. The molecule has 1 nitrogen and oxygen atoms in total. The molecule has 1 saturated carbocycles. The number of rotatable bonds is 4. The van der Waals surface area contributed by atoms with Crippen LogP contribution in [0.25, 0.3) is 0 Å². The third-order valence-corrected chi connectivity index (χ3v) is 4.65. The van der Waals surface area contributed by atoms with Crippen LogP contribution in [-0.2, 0) is 0 Å². The van der Waals surface area contributed by atoms with Gasteiger partial charge in [0, 0.05) is 6.04 Å². The standard InChI is InChI=1S/C14H23F6N/c1-4-21-11(10-6-5-8(2)9(3)7-10)12(13(15,16)17)14(18,19)20/h8-12,21H,4-7H2,1-3H3. The summed E-state index contributed by atoms with van der Waals surface area (Å²) < 4.78 is 77.7. The van der Waals surface area contributed by atoms with Gasteiger partial charge in [0.25, 0.3) is 0 Å². The summed E-state index contributed by atoms with van der Waals surface area (Å²) >= 11 is 0. The fourth-order valence-corrected chi connectivity index (χ4v) is 3.30. The van der Waals surface area contributed by atoms with E-state index in [1.165, 1.54) is 6.92 Å². The van der Waals surface area contributed by atoms with E-state index in [4.69, 9.17) is 0 Å². The monoisotopic (exact) mass is 319 g/mol. The van der Waals surface area contributed by atoms with Crippen molar-refractivity contribution >= 4 is 0 Å². The van der Waals surface area contributed by atoms with Crippen LogP contribution in [0.1, 0.15) is 40.0 Å². The van der Waals surface area contributed by atoms with Crippen LogP contribution < -0.4 is 5.32 Å². The molecule has 0 bridgehead atoms. The summed E-state index contributed by atoms with van der Waals surface area (Å²) in [5, 5.41) is 2.46. The lowest BCUT2D eigenvalue weighted by molar-refractivity contribution is -0.296. The molecule has 7 heteroatoms. The third-order valence-electron chi connectivity index (χ3n) is 4.65. The van der Waals surface area contributed by atoms with E-state index in [0.29, 0.717) is 25.2 Å². The highest BCUT2D eigenvalue weighted by Gasteiger charge is 2.61. The molecule has 0 aromatic rings. The highest BCUT2D eigenvalue weighted by atomic mass is 19.4. The van der Waals surface area contributed by atoms with Crippen molar-refractivity contribution in [2.45, 2.75) is 58.4 Å². The number of hydrogen-bond donors (Lipinski definition) is 1. The van der Waals surface area contributed by atoms with E-state index in [2.05, 4.69) is 5.32 Å². The highest BCUT2D eigenvalue weighted by Crippen LogP contribution is 2.46. The Morgan fingerprint density at radius 2 is 1.48 bits per heavy atom. The average molecular weight is 319 g/mol. The van der Waals surface area contributed by atoms with Gasteiger partial charge in [-0.05, 0) is 37.1 Å². The zero-order chi connectivity index (χ0) is 16.4. The maximum atomic E-state index is 13.0. The summed E-state index contributed by atoms with van der Waals surface area (Å²) in [6, 6.07) is -1.59. The van der Waals surface area contributed by atoms with E-state index >= 15 is 0 Å². The van der Waals surface area contributed by atoms with Crippen LogP contribution in [0.3, 0.4) is 0 Å². The summed E-state index contributed by atoms with van der Waals surface area (Å²) in [4.78, 5) is 0. The van der Waals surface area contributed by atoms with Crippen molar-refractivity contribution in [3.8, 4) is 0 Å². The van der Waals surface area contributed by atoms with Gasteiger partial charge in [0.05, 0.1) is 0 Å². The molecule has 1 aliphatic carbocycles. The summed E-state index contributed by atoms with van der Waals surface area (Å²) in [6.07, 6.45) is -9.07. The molecule has 4 unspecified atom stereocenters. The molecule has 1 N–H and O–H groups in total. The van der Waals surface area contributed by atoms with Crippen molar-refractivity contribution in [3.05, 3.63) is 0 Å². The molecule has 0 aromatic carbocycles. The van der Waals surface area contributed by atoms with E-state index in [9.17, 15) is 26.3 Å². The van der Waals surface area contributed by atoms with Gasteiger partial charge in [-0.2, -0.15) is 26.3 Å². The first kappa shape index (κ1) is 18.6. The Kier molecular flexibility index (Phi) is 5.98. The van der Waals surface area contributed by atoms with Gasteiger partial charge in [-0.1, -0.05) is 27.2 Å². The van der Waals surface area contributed by atoms with Gasteiger partial charge in [0.15, 0.2) is 5.92 Å². The van der Waals surface area contributed by atoms with E-state index in [0.717, 1.165) is 0 Å². The lowest BCUT2D eigenvalue weighted by atomic mass is 9.70. The van der Waals surface area contributed by atoms with Crippen molar-refractivity contribution in [1.82, 2.24) is 5.32 Å². The van der Waals surface area contributed by atoms with Gasteiger partial charge in [0.1, 0.15) is 0 Å². The normalized spacial score (nSPS) is 29.7. The smallest absolute Gasteiger partial charge is 0.313 e. The third kappa shape index (κ3) is 4.76. The van der Waals surface area contributed by atoms with Crippen LogP contribution in [0.5, 0.6) is 0 Å². The van der Waals surface area contributed by atoms with Gasteiger partial charge in [0.2, 0.25) is 0 Å². The Balaban J connectivity index is 3.02. The van der Waals surface area contributed by atoms with E-state index in [-0.39, 0.29) is 12.5 Å². The molecule has 21 heavy (non-hydrogen) atoms. The van der Waals surface area contributed by atoms with Crippen LogP contribution >= 0.6 is 0 Å². The minimum absolute atomic E-state index is 0.0910. The van der Waals surface area contributed by atoms with Gasteiger partial charge in [-0.25, -0.2) is 0 Å². The van der Waals surface area contributed by atoms with Crippen LogP contribution in [0.4, 0.5) is 26.3 Å². The van der Waals surface area contributed by atoms with Crippen molar-refractivity contribution in [2.75, 3.05) is 6.54 Å². The summed E-state index contributed by atoms with van der Waals surface area (Å²) in [5.41, 5.74) is 0. The first-order valence-corrected chi connectivity index (χ1v) is 7.35. The van der Waals surface area contributed by atoms with Gasteiger partial charge in [-0.15, -0.1) is 0 Å². The van der Waals surface area contributed by atoms with E-state index in [1.807, 2.05) is 13.8 Å². The number of alkyl halides is 6. The molecule has 4 atom stereocenters. The number of hydrogen-bond acceptors (Lipinski definition) is 1. The van der Waals surface area contributed by atoms with Crippen LogP contribution in [0, 0.1) is 23.7 Å². The van der Waals surface area contributed by atoms with E-state index in [1.54, 1.807) is 0 Å². The van der Waals surface area contributed by atoms with Gasteiger partial charge in [-0.3, -0.25) is 0 Å². The van der Waals surface area contributed by atoms with E-state index < -0.39 is 30.2 Å². The van der Waals surface area contributed by atoms with Crippen LogP contribution in [0.2, 0.25) is 0 Å². The molecule has 1 fully saturated rings. The van der Waals surface area contributed by atoms with Gasteiger partial charge >= 0.3 is 12.4 Å². The molecule has 1 aliphatic rings. The molecule has 0 heterocycles. The molecular weight excluding hydrogens is 296 g/mol. The zero-order valence-corrected chi connectivity index (χ0v) is 12.5. The fraction of sp³-hybridized carbons (Fsp3) is 1.00. The zero-order valence-electron chi connectivity index (χ0n) is 12.5.